The van der Waals surface area contributed by atoms with E-state index in [0.29, 0.717) is 30.3 Å². The van der Waals surface area contributed by atoms with Crippen molar-refractivity contribution in [3.8, 4) is 0 Å². The maximum atomic E-state index is 11.5. The Kier molecular flexibility index (Phi) is 3.75. The van der Waals surface area contributed by atoms with E-state index in [9.17, 15) is 9.90 Å². The summed E-state index contributed by atoms with van der Waals surface area (Å²) in [6.07, 6.45) is 3.68. The van der Waals surface area contributed by atoms with Crippen molar-refractivity contribution in [1.29, 1.82) is 0 Å². The first kappa shape index (κ1) is 13.9. The van der Waals surface area contributed by atoms with E-state index in [1.165, 1.54) is 0 Å². The van der Waals surface area contributed by atoms with Crippen LogP contribution in [0.1, 0.15) is 25.7 Å². The van der Waals surface area contributed by atoms with Crippen LogP contribution in [0.25, 0.3) is 0 Å². The van der Waals surface area contributed by atoms with Crippen LogP contribution < -0.4 is 0 Å². The normalized spacial score (nSPS) is 42.2. The third-order valence-electron chi connectivity index (χ3n) is 3.93. The smallest absolute Gasteiger partial charge is 0.393 e. The lowest BCUT2D eigenvalue weighted by Gasteiger charge is -2.53. The van der Waals surface area contributed by atoms with E-state index in [1.54, 1.807) is 0 Å². The number of aliphatic hydroxyl groups is 1. The number of carbonyl (C=O) groups is 1. The van der Waals surface area contributed by atoms with E-state index in [1.807, 2.05) is 0 Å². The van der Waals surface area contributed by atoms with Crippen LogP contribution in [-0.2, 0) is 15.2 Å². The first-order valence-electron chi connectivity index (χ1n) is 5.90. The summed E-state index contributed by atoms with van der Waals surface area (Å²) >= 11 is 0. The molecular weight excluding hydrogens is 262 g/mol. The average molecular weight is 279 g/mol. The van der Waals surface area contributed by atoms with Gasteiger partial charge in [-0.25, -0.2) is 0 Å². The molecule has 104 valence electrons. The molecule has 0 saturated carbocycles. The van der Waals surface area contributed by atoms with Crippen molar-refractivity contribution >= 4 is 16.2 Å². The molecule has 7 nitrogen and oxygen atoms in total. The second kappa shape index (κ2) is 4.86. The van der Waals surface area contributed by atoms with Gasteiger partial charge in [0.15, 0.2) is 0 Å². The van der Waals surface area contributed by atoms with Crippen LogP contribution in [0.15, 0.2) is 0 Å². The summed E-state index contributed by atoms with van der Waals surface area (Å²) in [7, 11) is -4.67. The highest BCUT2D eigenvalue weighted by atomic mass is 32.3. The fraction of sp³-hybridized carbons (Fsp3) is 0.900. The highest BCUT2D eigenvalue weighted by molar-refractivity contribution is 7.79. The Balaban J connectivity index is 0.000000209. The number of rotatable bonds is 0. The first-order chi connectivity index (χ1) is 8.24. The van der Waals surface area contributed by atoms with Gasteiger partial charge in [-0.15, -0.1) is 0 Å². The molecule has 0 aromatic carbocycles. The van der Waals surface area contributed by atoms with Crippen LogP contribution in [0.2, 0.25) is 0 Å². The van der Waals surface area contributed by atoms with E-state index in [-0.39, 0.29) is 6.10 Å². The van der Waals surface area contributed by atoms with Gasteiger partial charge in [-0.3, -0.25) is 18.8 Å². The Morgan fingerprint density at radius 1 is 1.06 bits per heavy atom. The summed E-state index contributed by atoms with van der Waals surface area (Å²) < 4.78 is 31.6. The number of hydrogen-bond acceptors (Lipinski definition) is 5. The maximum absolute atomic E-state index is 11.5. The topological polar surface area (TPSA) is 115 Å². The molecule has 0 aromatic rings. The molecule has 4 rings (SSSR count). The summed E-state index contributed by atoms with van der Waals surface area (Å²) in [4.78, 5) is 13.8. The van der Waals surface area contributed by atoms with E-state index >= 15 is 0 Å². The third-order valence-corrected chi connectivity index (χ3v) is 3.93. The fourth-order valence-corrected chi connectivity index (χ4v) is 3.34. The van der Waals surface area contributed by atoms with Gasteiger partial charge in [-0.1, -0.05) is 0 Å². The zero-order valence-corrected chi connectivity index (χ0v) is 10.6. The van der Waals surface area contributed by atoms with Crippen molar-refractivity contribution in [3.05, 3.63) is 0 Å². The van der Waals surface area contributed by atoms with Gasteiger partial charge in [0, 0.05) is 18.0 Å². The number of fused-ring (bicyclic) bond motifs is 1. The quantitative estimate of drug-likeness (QED) is 0.513. The van der Waals surface area contributed by atoms with Gasteiger partial charge in [-0.05, 0) is 25.7 Å². The largest absolute Gasteiger partial charge is 0.394 e. The van der Waals surface area contributed by atoms with Crippen molar-refractivity contribution in [2.45, 2.75) is 43.9 Å². The molecule has 0 radical (unpaired) electrons. The monoisotopic (exact) mass is 279 g/mol. The number of Topliss-reactive ketones (excluding diaryl/α,β-unsaturated/α-hetero) is 1. The van der Waals surface area contributed by atoms with E-state index < -0.39 is 10.4 Å². The highest BCUT2D eigenvalue weighted by Gasteiger charge is 2.48. The van der Waals surface area contributed by atoms with Crippen LogP contribution in [0.4, 0.5) is 0 Å². The molecule has 4 aliphatic rings. The number of aliphatic hydroxyl groups excluding tert-OH is 1. The van der Waals surface area contributed by atoms with Gasteiger partial charge in [0.25, 0.3) is 0 Å². The predicted octanol–water partition coefficient (Wildman–Crippen LogP) is -0.480. The Bertz CT molecular complexity index is 412. The molecule has 18 heavy (non-hydrogen) atoms. The predicted molar refractivity (Wildman–Crippen MR) is 61.4 cm³/mol. The molecule has 3 N–H and O–H groups in total. The van der Waals surface area contributed by atoms with Crippen molar-refractivity contribution in [2.24, 2.45) is 5.92 Å². The molecule has 4 fully saturated rings. The van der Waals surface area contributed by atoms with Crippen molar-refractivity contribution < 1.29 is 27.4 Å². The maximum Gasteiger partial charge on any atom is 0.394 e. The lowest BCUT2D eigenvalue weighted by molar-refractivity contribution is -0.144. The number of carbonyl (C=O) groups excluding carboxylic acids is 1. The van der Waals surface area contributed by atoms with Crippen LogP contribution in [0, 0.1) is 5.92 Å². The molecule has 5 atom stereocenters. The molecule has 4 bridgehead atoms. The molecule has 0 aromatic heterocycles. The molecule has 0 spiro atoms. The number of hydrogen-bond donors (Lipinski definition) is 3. The van der Waals surface area contributed by atoms with Gasteiger partial charge in [0.1, 0.15) is 5.78 Å². The van der Waals surface area contributed by atoms with Gasteiger partial charge in [0.05, 0.1) is 12.6 Å². The van der Waals surface area contributed by atoms with Crippen molar-refractivity contribution in [2.75, 3.05) is 6.54 Å². The molecular formula is C10H17NO6S. The first-order valence-corrected chi connectivity index (χ1v) is 7.30. The fourth-order valence-electron chi connectivity index (χ4n) is 3.34. The van der Waals surface area contributed by atoms with Gasteiger partial charge in [0.2, 0.25) is 0 Å². The van der Waals surface area contributed by atoms with Gasteiger partial charge in [-0.2, -0.15) is 8.42 Å². The van der Waals surface area contributed by atoms with E-state index in [4.69, 9.17) is 17.5 Å². The van der Waals surface area contributed by atoms with Crippen LogP contribution >= 0.6 is 0 Å². The Hall–Kier alpha value is -0.540. The molecule has 4 heterocycles. The number of piperidine rings is 4. The molecule has 8 heteroatoms. The standard InChI is InChI=1S/C10H15NO2.H2O4S/c12-9-3-7-1-6-2-8(4-9)11(7)5-10(6)13;1-5(2,3)4/h6-9,12H,1-5H2;(H2,1,2,3,4)/t6?,7-,8?,9?;/m1./s1. The Labute approximate surface area is 105 Å². The van der Waals surface area contributed by atoms with Gasteiger partial charge < -0.3 is 5.11 Å². The minimum atomic E-state index is -4.67. The zero-order chi connectivity index (χ0) is 13.5. The number of ketones is 1. The minimum Gasteiger partial charge on any atom is -0.393 e. The highest BCUT2D eigenvalue weighted by Crippen LogP contribution is 2.41. The van der Waals surface area contributed by atoms with E-state index in [0.717, 1.165) is 25.7 Å². The molecule has 0 aliphatic carbocycles. The lowest BCUT2D eigenvalue weighted by atomic mass is 9.72. The van der Waals surface area contributed by atoms with Crippen LogP contribution in [0.3, 0.4) is 0 Å². The molecule has 4 unspecified atom stereocenters. The van der Waals surface area contributed by atoms with E-state index in [2.05, 4.69) is 4.90 Å². The summed E-state index contributed by atoms with van der Waals surface area (Å²) in [6, 6.07) is 1.01. The summed E-state index contributed by atoms with van der Waals surface area (Å²) in [6.45, 7) is 0.659. The molecule has 0 amide bonds. The van der Waals surface area contributed by atoms with Gasteiger partial charge >= 0.3 is 10.4 Å². The number of nitrogens with zero attached hydrogens (tertiary/aromatic N) is 1. The minimum absolute atomic E-state index is 0.111. The second-order valence-corrected chi connectivity index (χ2v) is 6.08. The third kappa shape index (κ3) is 3.27. The second-order valence-electron chi connectivity index (χ2n) is 5.19. The summed E-state index contributed by atoms with van der Waals surface area (Å²) in [5.74, 6) is 0.761. The van der Waals surface area contributed by atoms with Crippen LogP contribution in [-0.4, -0.2) is 58.0 Å². The SMILES string of the molecule is O=C1CN2C3CC(O)C[C@H]2CC1C3.O=S(=O)(O)O. The van der Waals surface area contributed by atoms with Crippen molar-refractivity contribution in [1.82, 2.24) is 4.90 Å². The Morgan fingerprint density at radius 3 is 1.89 bits per heavy atom. The van der Waals surface area contributed by atoms with Crippen LogP contribution in [0.5, 0.6) is 0 Å². The lowest BCUT2D eigenvalue weighted by Crippen LogP contribution is -2.62. The van der Waals surface area contributed by atoms with Crippen molar-refractivity contribution in [3.63, 3.8) is 0 Å². The average Bonchev–Trinajstić information content (AvgIpc) is 2.15. The zero-order valence-electron chi connectivity index (χ0n) is 9.77. The molecule has 4 saturated heterocycles. The summed E-state index contributed by atoms with van der Waals surface area (Å²) in [5.41, 5.74) is 0. The summed E-state index contributed by atoms with van der Waals surface area (Å²) in [5, 5.41) is 9.60. The Morgan fingerprint density at radius 2 is 1.50 bits per heavy atom. The molecule has 4 aliphatic heterocycles.